The number of nitrogens with two attached hydrogens (primary N) is 3. The first kappa shape index (κ1) is 20.0. The predicted molar refractivity (Wildman–Crippen MR) is 111 cm³/mol. The second-order valence-electron chi connectivity index (χ2n) is 7.34. The van der Waals surface area contributed by atoms with Gasteiger partial charge in [-0.05, 0) is 67.5 Å². The van der Waals surface area contributed by atoms with Crippen LogP contribution in [0.5, 0.6) is 0 Å². The number of nitrogen functional groups attached to an aromatic ring is 1. The van der Waals surface area contributed by atoms with Crippen molar-refractivity contribution in [3.05, 3.63) is 60.1 Å². The van der Waals surface area contributed by atoms with Crippen LogP contribution in [-0.2, 0) is 0 Å². The van der Waals surface area contributed by atoms with E-state index in [1.54, 1.807) is 0 Å². The molecule has 28 heavy (non-hydrogen) atoms. The fraction of sp³-hybridized carbons (Fsp3) is 0.400. The monoisotopic (exact) mass is 385 g/mol. The summed E-state index contributed by atoms with van der Waals surface area (Å²) in [6.07, 6.45) is 9.70. The highest BCUT2D eigenvalue weighted by Gasteiger charge is 2.38. The number of fused-ring (bicyclic) bond motifs is 1. The number of amidine groups is 1. The zero-order valence-electron chi connectivity index (χ0n) is 15.9. The van der Waals surface area contributed by atoms with Crippen molar-refractivity contribution < 1.29 is 4.39 Å². The molecule has 2 aliphatic rings. The van der Waals surface area contributed by atoms with Crippen LogP contribution < -0.4 is 22.7 Å². The number of rotatable bonds is 6. The van der Waals surface area contributed by atoms with Crippen molar-refractivity contribution in [2.45, 2.75) is 18.8 Å². The Morgan fingerprint density at radius 1 is 1.39 bits per heavy atom. The Balaban J connectivity index is 1.77. The van der Waals surface area contributed by atoms with E-state index in [-0.39, 0.29) is 12.4 Å². The summed E-state index contributed by atoms with van der Waals surface area (Å²) in [6.45, 7) is 5.75. The van der Waals surface area contributed by atoms with Crippen LogP contribution in [0.3, 0.4) is 0 Å². The summed E-state index contributed by atoms with van der Waals surface area (Å²) in [5, 5.41) is 8.50. The van der Waals surface area contributed by atoms with Gasteiger partial charge in [0.05, 0.1) is 12.1 Å². The topological polar surface area (TPSA) is 119 Å². The van der Waals surface area contributed by atoms with Crippen LogP contribution in [0, 0.1) is 11.8 Å². The van der Waals surface area contributed by atoms with E-state index in [2.05, 4.69) is 22.0 Å². The highest BCUT2D eigenvalue weighted by atomic mass is 19.1. The molecule has 0 radical (unpaired) electrons. The predicted octanol–water partition coefficient (Wildman–Crippen LogP) is 1.77. The van der Waals surface area contributed by atoms with Crippen molar-refractivity contribution >= 4 is 11.7 Å². The second kappa shape index (κ2) is 8.99. The second-order valence-corrected chi connectivity index (χ2v) is 7.34. The zero-order valence-corrected chi connectivity index (χ0v) is 15.9. The van der Waals surface area contributed by atoms with Gasteiger partial charge in [0, 0.05) is 6.20 Å². The van der Waals surface area contributed by atoms with Crippen LogP contribution in [0.15, 0.2) is 54.1 Å². The van der Waals surface area contributed by atoms with E-state index in [9.17, 15) is 4.39 Å². The Bertz CT molecular complexity index is 790. The Hall–Kier alpha value is -2.71. The lowest BCUT2D eigenvalue weighted by Gasteiger charge is -2.21. The number of nitrogens with zero attached hydrogens (tertiary/aromatic N) is 3. The largest absolute Gasteiger partial charge is 0.383 e. The van der Waals surface area contributed by atoms with E-state index in [0.717, 1.165) is 43.3 Å². The molecule has 8 heteroatoms. The van der Waals surface area contributed by atoms with Crippen LogP contribution >= 0.6 is 0 Å². The molecule has 0 aromatic carbocycles. The third-order valence-electron chi connectivity index (χ3n) is 5.58. The summed E-state index contributed by atoms with van der Waals surface area (Å²) in [7, 11) is 0. The van der Waals surface area contributed by atoms with Crippen LogP contribution in [0.4, 0.5) is 10.2 Å². The van der Waals surface area contributed by atoms with Crippen molar-refractivity contribution in [1.29, 1.82) is 0 Å². The number of nitrogens with one attached hydrogen (secondary N) is 1. The van der Waals surface area contributed by atoms with Crippen molar-refractivity contribution in [3.63, 3.8) is 0 Å². The third kappa shape index (κ3) is 4.40. The van der Waals surface area contributed by atoms with Crippen molar-refractivity contribution in [2.75, 3.05) is 25.4 Å². The minimum atomic E-state index is -0.433. The summed E-state index contributed by atoms with van der Waals surface area (Å²) < 4.78 is 13.7. The lowest BCUT2D eigenvalue weighted by atomic mass is 9.96. The van der Waals surface area contributed by atoms with Gasteiger partial charge in [-0.25, -0.2) is 15.2 Å². The summed E-state index contributed by atoms with van der Waals surface area (Å²) in [4.78, 5) is 4.34. The minimum Gasteiger partial charge on any atom is -0.383 e. The molecule has 1 saturated heterocycles. The lowest BCUT2D eigenvalue weighted by molar-refractivity contribution is 0.482. The van der Waals surface area contributed by atoms with E-state index in [1.807, 2.05) is 12.3 Å². The number of anilines is 1. The number of hydrazone groups is 1. The molecule has 2 fully saturated rings. The van der Waals surface area contributed by atoms with Gasteiger partial charge in [-0.2, -0.15) is 5.10 Å². The molecule has 0 bridgehead atoms. The average molecular weight is 385 g/mol. The van der Waals surface area contributed by atoms with Crippen LogP contribution in [0.1, 0.15) is 29.9 Å². The van der Waals surface area contributed by atoms with Crippen LogP contribution in [0.25, 0.3) is 0 Å². The Morgan fingerprint density at radius 2 is 2.11 bits per heavy atom. The van der Waals surface area contributed by atoms with Gasteiger partial charge in [-0.3, -0.25) is 5.01 Å². The molecule has 0 amide bonds. The van der Waals surface area contributed by atoms with E-state index in [0.29, 0.717) is 17.3 Å². The fourth-order valence-corrected chi connectivity index (χ4v) is 4.13. The highest BCUT2D eigenvalue weighted by Crippen LogP contribution is 2.44. The number of hydrogen-bond donors (Lipinski definition) is 4. The average Bonchev–Trinajstić information content (AvgIpc) is 3.29. The van der Waals surface area contributed by atoms with E-state index >= 15 is 0 Å². The normalized spacial score (nSPS) is 25.3. The van der Waals surface area contributed by atoms with Crippen LogP contribution in [0.2, 0.25) is 0 Å². The van der Waals surface area contributed by atoms with Gasteiger partial charge >= 0.3 is 0 Å². The van der Waals surface area contributed by atoms with Crippen molar-refractivity contribution in [1.82, 2.24) is 15.3 Å². The molecule has 150 valence electrons. The lowest BCUT2D eigenvalue weighted by Crippen LogP contribution is -2.39. The van der Waals surface area contributed by atoms with Crippen LogP contribution in [-0.4, -0.2) is 35.5 Å². The highest BCUT2D eigenvalue weighted by molar-refractivity contribution is 6.02. The molecule has 1 aliphatic carbocycles. The van der Waals surface area contributed by atoms with Gasteiger partial charge in [0.2, 0.25) is 0 Å². The minimum absolute atomic E-state index is 0.0757. The van der Waals surface area contributed by atoms with Crippen molar-refractivity contribution in [2.24, 2.45) is 28.6 Å². The number of pyridine rings is 1. The number of hydrogen-bond acceptors (Lipinski definition) is 6. The maximum atomic E-state index is 13.7. The van der Waals surface area contributed by atoms with E-state index < -0.39 is 5.83 Å². The molecule has 3 rings (SSSR count). The van der Waals surface area contributed by atoms with Gasteiger partial charge in [0.15, 0.2) is 5.84 Å². The molecular weight excluding hydrogens is 357 g/mol. The molecular formula is C20H28FN7. The van der Waals surface area contributed by atoms with Gasteiger partial charge in [-0.15, -0.1) is 0 Å². The number of allylic oxidation sites excluding steroid dienone is 4. The standard InChI is InChI=1S/C20H28FN7/c1-2-3-4-17(21)5-6-28(24)20(27-23)18-9-16(12-26-19(18)22)13-7-14-10-25-11-15(14)8-13/h2-5,9,12-15,25H,1,6-8,10-11,23-24H2,(H2,22,26)/b4-3-,17-5+,27-20-/t13?,14-,15+. The molecule has 2 heterocycles. The van der Waals surface area contributed by atoms with Gasteiger partial charge in [-0.1, -0.05) is 18.7 Å². The van der Waals surface area contributed by atoms with E-state index in [4.69, 9.17) is 17.4 Å². The maximum Gasteiger partial charge on any atom is 0.173 e. The van der Waals surface area contributed by atoms with Crippen molar-refractivity contribution in [3.8, 4) is 0 Å². The quantitative estimate of drug-likeness (QED) is 0.195. The first-order chi connectivity index (χ1) is 13.5. The zero-order chi connectivity index (χ0) is 20.1. The fourth-order valence-electron chi connectivity index (χ4n) is 4.13. The first-order valence-corrected chi connectivity index (χ1v) is 9.44. The molecule has 1 saturated carbocycles. The molecule has 1 aromatic heterocycles. The van der Waals surface area contributed by atoms with Gasteiger partial charge < -0.3 is 16.9 Å². The Morgan fingerprint density at radius 3 is 2.75 bits per heavy atom. The SMILES string of the molecule is C=C/C=C\C(F)=C/CN(N)/C(=N\N)c1cc(C2C[C@H]3CNC[C@H]3C2)cnc1N. The number of aromatic nitrogens is 1. The smallest absolute Gasteiger partial charge is 0.173 e. The summed E-state index contributed by atoms with van der Waals surface area (Å²) in [5.74, 6) is 13.6. The molecule has 3 atom stereocenters. The van der Waals surface area contributed by atoms with Gasteiger partial charge in [0.25, 0.3) is 0 Å². The third-order valence-corrected chi connectivity index (χ3v) is 5.58. The first-order valence-electron chi connectivity index (χ1n) is 9.44. The summed E-state index contributed by atoms with van der Waals surface area (Å²) in [5.41, 5.74) is 7.74. The molecule has 1 aliphatic heterocycles. The van der Waals surface area contributed by atoms with E-state index in [1.165, 1.54) is 29.3 Å². The Labute approximate surface area is 164 Å². The maximum absolute atomic E-state index is 13.7. The molecule has 0 spiro atoms. The number of halogens is 1. The van der Waals surface area contributed by atoms with Gasteiger partial charge in [0.1, 0.15) is 11.6 Å². The number of hydrazine groups is 1. The summed E-state index contributed by atoms with van der Waals surface area (Å²) in [6, 6.07) is 1.96. The molecule has 1 unspecified atom stereocenters. The molecule has 1 aromatic rings. The molecule has 7 N–H and O–H groups in total. The Kier molecular flexibility index (Phi) is 6.43. The molecule has 7 nitrogen and oxygen atoms in total. The summed E-state index contributed by atoms with van der Waals surface area (Å²) >= 11 is 0.